The van der Waals surface area contributed by atoms with Crippen LogP contribution in [0, 0.1) is 17.8 Å². The van der Waals surface area contributed by atoms with Crippen molar-refractivity contribution in [2.45, 2.75) is 99.7 Å². The SMILES string of the molecule is CC(C)C[O][Ti]([O]CC(C)C)([O]CC(C)C)[O][Si](C(C)C)(C(C)C)C(C)C. The van der Waals surface area contributed by atoms with Gasteiger partial charge in [0.05, 0.1) is 0 Å². The zero-order valence-corrected chi connectivity index (χ0v) is 22.8. The molecule has 0 atom stereocenters. The maximum absolute atomic E-state index is 7.12. The van der Waals surface area contributed by atoms with E-state index in [2.05, 4.69) is 83.1 Å². The van der Waals surface area contributed by atoms with E-state index in [4.69, 9.17) is 13.0 Å². The van der Waals surface area contributed by atoms with Crippen LogP contribution in [0.15, 0.2) is 0 Å². The Morgan fingerprint density at radius 1 is 0.519 bits per heavy atom. The zero-order valence-electron chi connectivity index (χ0n) is 20.2. The van der Waals surface area contributed by atoms with Crippen LogP contribution in [0.3, 0.4) is 0 Å². The Morgan fingerprint density at radius 3 is 0.963 bits per heavy atom. The Hall–Kier alpha value is 0.771. The van der Waals surface area contributed by atoms with E-state index in [9.17, 15) is 0 Å². The van der Waals surface area contributed by atoms with Gasteiger partial charge in [0.2, 0.25) is 0 Å². The van der Waals surface area contributed by atoms with E-state index in [1.165, 1.54) is 0 Å². The molecular weight excluding hydrogens is 392 g/mol. The van der Waals surface area contributed by atoms with Crippen molar-refractivity contribution in [2.75, 3.05) is 19.8 Å². The molecule has 0 aromatic heterocycles. The van der Waals surface area contributed by atoms with Crippen molar-refractivity contribution in [1.82, 2.24) is 0 Å². The fraction of sp³-hybridized carbons (Fsp3) is 1.00. The Balaban J connectivity index is 6.02. The molecule has 0 N–H and O–H groups in total. The molecular formula is C21H48O4SiTi. The summed E-state index contributed by atoms with van der Waals surface area (Å²) in [4.78, 5) is 0. The molecule has 0 saturated heterocycles. The second kappa shape index (κ2) is 12.5. The summed E-state index contributed by atoms with van der Waals surface area (Å²) in [5.74, 6) is 1.24. The molecule has 0 heterocycles. The summed E-state index contributed by atoms with van der Waals surface area (Å²) < 4.78 is 26.5. The fourth-order valence-electron chi connectivity index (χ4n) is 3.59. The van der Waals surface area contributed by atoms with Gasteiger partial charge in [0, 0.05) is 0 Å². The van der Waals surface area contributed by atoms with Crippen molar-refractivity contribution in [1.29, 1.82) is 0 Å². The van der Waals surface area contributed by atoms with Gasteiger partial charge in [-0.15, -0.1) is 0 Å². The van der Waals surface area contributed by atoms with Crippen LogP contribution in [-0.2, 0) is 31.1 Å². The van der Waals surface area contributed by atoms with E-state index in [1.807, 2.05) is 0 Å². The molecule has 0 aromatic rings. The van der Waals surface area contributed by atoms with E-state index >= 15 is 0 Å². The van der Waals surface area contributed by atoms with Crippen molar-refractivity contribution in [3.05, 3.63) is 0 Å². The first-order valence-electron chi connectivity index (χ1n) is 10.9. The van der Waals surface area contributed by atoms with E-state index in [0.29, 0.717) is 54.2 Å². The van der Waals surface area contributed by atoms with Gasteiger partial charge in [-0.1, -0.05) is 0 Å². The molecule has 0 saturated carbocycles. The monoisotopic (exact) mass is 440 g/mol. The van der Waals surface area contributed by atoms with Crippen LogP contribution >= 0.6 is 0 Å². The Bertz CT molecular complexity index is 345. The predicted molar refractivity (Wildman–Crippen MR) is 115 cm³/mol. The topological polar surface area (TPSA) is 36.9 Å². The quantitative estimate of drug-likeness (QED) is 0.272. The molecule has 0 spiro atoms. The van der Waals surface area contributed by atoms with Crippen LogP contribution in [0.5, 0.6) is 0 Å². The van der Waals surface area contributed by atoms with Crippen LogP contribution in [0.4, 0.5) is 0 Å². The summed E-state index contributed by atoms with van der Waals surface area (Å²) in [5, 5.41) is 0. The average molecular weight is 441 g/mol. The second-order valence-corrected chi connectivity index (χ2v) is 19.3. The molecule has 0 radical (unpaired) electrons. The minimum atomic E-state index is -3.89. The van der Waals surface area contributed by atoms with Gasteiger partial charge in [0.25, 0.3) is 0 Å². The van der Waals surface area contributed by atoms with Crippen LogP contribution in [0.1, 0.15) is 83.1 Å². The molecule has 0 unspecified atom stereocenters. The predicted octanol–water partition coefficient (Wildman–Crippen LogP) is 7.01. The summed E-state index contributed by atoms with van der Waals surface area (Å²) in [5.41, 5.74) is 1.40. The molecule has 0 aliphatic carbocycles. The Kier molecular flexibility index (Phi) is 12.8. The third-order valence-corrected chi connectivity index (χ3v) is 16.1. The fourth-order valence-corrected chi connectivity index (χ4v) is 18.0. The van der Waals surface area contributed by atoms with E-state index in [1.54, 1.807) is 0 Å². The summed E-state index contributed by atoms with van der Waals surface area (Å²) in [7, 11) is -2.17. The van der Waals surface area contributed by atoms with Crippen molar-refractivity contribution in [3.8, 4) is 0 Å². The normalized spacial score (nSPS) is 14.0. The Labute approximate surface area is 176 Å². The number of rotatable bonds is 14. The summed E-state index contributed by atoms with van der Waals surface area (Å²) in [6, 6.07) is 0. The third-order valence-electron chi connectivity index (χ3n) is 4.79. The van der Waals surface area contributed by atoms with Gasteiger partial charge < -0.3 is 0 Å². The summed E-state index contributed by atoms with van der Waals surface area (Å²) in [6.45, 7) is 28.6. The van der Waals surface area contributed by atoms with Gasteiger partial charge in [-0.25, -0.2) is 0 Å². The Morgan fingerprint density at radius 2 is 0.778 bits per heavy atom. The van der Waals surface area contributed by atoms with Crippen molar-refractivity contribution in [2.24, 2.45) is 17.8 Å². The first-order chi connectivity index (χ1) is 12.3. The average Bonchev–Trinajstić information content (AvgIpc) is 2.52. The minimum absolute atomic E-state index is 0.414. The van der Waals surface area contributed by atoms with Gasteiger partial charge in [-0.2, -0.15) is 0 Å². The molecule has 0 aliphatic heterocycles. The van der Waals surface area contributed by atoms with Gasteiger partial charge >= 0.3 is 177 Å². The van der Waals surface area contributed by atoms with Gasteiger partial charge in [0.1, 0.15) is 0 Å². The molecule has 164 valence electrons. The molecule has 0 aliphatic rings. The van der Waals surface area contributed by atoms with E-state index < -0.39 is 26.5 Å². The third kappa shape index (κ3) is 8.98. The van der Waals surface area contributed by atoms with Crippen molar-refractivity contribution < 1.29 is 31.1 Å². The molecule has 0 amide bonds. The molecule has 27 heavy (non-hydrogen) atoms. The molecule has 4 nitrogen and oxygen atoms in total. The van der Waals surface area contributed by atoms with Crippen LogP contribution in [0.2, 0.25) is 16.6 Å². The van der Waals surface area contributed by atoms with Crippen molar-refractivity contribution >= 4 is 8.32 Å². The van der Waals surface area contributed by atoms with Crippen molar-refractivity contribution in [3.63, 3.8) is 0 Å². The molecule has 6 heteroatoms. The van der Waals surface area contributed by atoms with Crippen LogP contribution in [-0.4, -0.2) is 28.1 Å². The van der Waals surface area contributed by atoms with E-state index in [-0.39, 0.29) is 0 Å². The van der Waals surface area contributed by atoms with Gasteiger partial charge in [0.15, 0.2) is 0 Å². The van der Waals surface area contributed by atoms with Crippen LogP contribution < -0.4 is 0 Å². The van der Waals surface area contributed by atoms with Gasteiger partial charge in [-0.05, 0) is 0 Å². The molecule has 0 fully saturated rings. The first-order valence-corrected chi connectivity index (χ1v) is 15.6. The summed E-state index contributed by atoms with van der Waals surface area (Å²) >= 11 is -3.89. The maximum atomic E-state index is 7.12. The molecule has 0 aromatic carbocycles. The van der Waals surface area contributed by atoms with E-state index in [0.717, 1.165) is 0 Å². The summed E-state index contributed by atoms with van der Waals surface area (Å²) in [6.07, 6.45) is 0. The van der Waals surface area contributed by atoms with Gasteiger partial charge in [-0.3, -0.25) is 0 Å². The zero-order chi connectivity index (χ0) is 21.4. The van der Waals surface area contributed by atoms with Crippen LogP contribution in [0.25, 0.3) is 0 Å². The standard InChI is InChI=1S/C9H21OSi.3C4H9O.Ti/c1-7(2)11(10,8(3)4)9(5)6;3*1-4(2)3-5;/h7-9H,1-6H3;3*4H,3H2,1-2H3;/q4*-1;+4. The molecule has 0 bridgehead atoms. The number of hydrogen-bond acceptors (Lipinski definition) is 4. The molecule has 0 rings (SSSR count). The second-order valence-electron chi connectivity index (χ2n) is 10.0. The first kappa shape index (κ1) is 27.8. The number of hydrogen-bond donors (Lipinski definition) is 0.